The Bertz CT molecular complexity index is 672. The van der Waals surface area contributed by atoms with Crippen LogP contribution in [0.1, 0.15) is 16.8 Å². The first-order valence-electron chi connectivity index (χ1n) is 6.59. The van der Waals surface area contributed by atoms with Crippen LogP contribution in [0.5, 0.6) is 0 Å². The predicted molar refractivity (Wildman–Crippen MR) is 83.7 cm³/mol. The van der Waals surface area contributed by atoms with Gasteiger partial charge in [0.1, 0.15) is 5.84 Å². The maximum atomic E-state index is 12.0. The van der Waals surface area contributed by atoms with Crippen LogP contribution in [0.25, 0.3) is 0 Å². The van der Waals surface area contributed by atoms with Gasteiger partial charge in [-0.05, 0) is 24.3 Å². The Morgan fingerprint density at radius 3 is 2.81 bits per heavy atom. The average Bonchev–Trinajstić information content (AvgIpc) is 2.75. The second-order valence-corrected chi connectivity index (χ2v) is 5.58. The van der Waals surface area contributed by atoms with Gasteiger partial charge in [-0.1, -0.05) is 12.1 Å². The number of amides is 1. The van der Waals surface area contributed by atoms with Gasteiger partial charge in [-0.3, -0.25) is 20.6 Å². The normalized spacial score (nSPS) is 13.6. The average molecular weight is 298 g/mol. The molecule has 2 aromatic rings. The summed E-state index contributed by atoms with van der Waals surface area (Å²) in [6.07, 6.45) is 3.95. The van der Waals surface area contributed by atoms with Crippen molar-refractivity contribution < 1.29 is 4.79 Å². The monoisotopic (exact) mass is 298 g/mol. The largest absolute Gasteiger partial charge is 0.285 e. The lowest BCUT2D eigenvalue weighted by atomic mass is 10.2. The molecule has 1 aliphatic heterocycles. The summed E-state index contributed by atoms with van der Waals surface area (Å²) in [5.74, 6) is 1.48. The summed E-state index contributed by atoms with van der Waals surface area (Å²) in [7, 11) is 0. The van der Waals surface area contributed by atoms with Crippen molar-refractivity contribution in [2.45, 2.75) is 11.3 Å². The molecular formula is C15H14N4OS. The summed E-state index contributed by atoms with van der Waals surface area (Å²) in [6.45, 7) is 0. The Balaban J connectivity index is 1.68. The molecule has 5 nitrogen and oxygen atoms in total. The fraction of sp³-hybridized carbons (Fsp3) is 0.133. The van der Waals surface area contributed by atoms with E-state index in [0.717, 1.165) is 28.6 Å². The van der Waals surface area contributed by atoms with Gasteiger partial charge >= 0.3 is 0 Å². The van der Waals surface area contributed by atoms with Crippen molar-refractivity contribution in [2.75, 3.05) is 5.75 Å². The van der Waals surface area contributed by atoms with E-state index in [1.54, 1.807) is 36.3 Å². The summed E-state index contributed by atoms with van der Waals surface area (Å²) in [6, 6.07) is 11.3. The number of thioether (sulfide) groups is 1. The third-order valence-corrected chi connectivity index (χ3v) is 4.04. The van der Waals surface area contributed by atoms with Crippen LogP contribution < -0.4 is 10.9 Å². The number of pyridine rings is 1. The van der Waals surface area contributed by atoms with E-state index in [1.807, 2.05) is 18.2 Å². The van der Waals surface area contributed by atoms with Gasteiger partial charge in [0.2, 0.25) is 0 Å². The van der Waals surface area contributed by atoms with E-state index < -0.39 is 0 Å². The Labute approximate surface area is 126 Å². The van der Waals surface area contributed by atoms with Crippen molar-refractivity contribution in [3.8, 4) is 0 Å². The van der Waals surface area contributed by atoms with Crippen molar-refractivity contribution in [3.05, 3.63) is 54.4 Å². The first kappa shape index (κ1) is 13.6. The number of rotatable bonds is 1. The van der Waals surface area contributed by atoms with Gasteiger partial charge in [0.05, 0.1) is 5.69 Å². The van der Waals surface area contributed by atoms with Crippen molar-refractivity contribution in [1.29, 1.82) is 0 Å². The molecule has 6 heteroatoms. The third-order valence-electron chi connectivity index (χ3n) is 2.98. The van der Waals surface area contributed by atoms with Crippen molar-refractivity contribution in [2.24, 2.45) is 4.99 Å². The molecule has 0 atom stereocenters. The van der Waals surface area contributed by atoms with Crippen molar-refractivity contribution in [3.63, 3.8) is 0 Å². The predicted octanol–water partition coefficient (Wildman–Crippen LogP) is 2.54. The van der Waals surface area contributed by atoms with Gasteiger partial charge in [-0.15, -0.1) is 11.8 Å². The molecule has 0 fully saturated rings. The minimum atomic E-state index is -0.203. The minimum absolute atomic E-state index is 0.203. The van der Waals surface area contributed by atoms with Crippen LogP contribution in [0.4, 0.5) is 5.69 Å². The molecule has 0 radical (unpaired) electrons. The highest BCUT2D eigenvalue weighted by atomic mass is 32.2. The molecule has 106 valence electrons. The number of para-hydroxylation sites is 1. The summed E-state index contributed by atoms with van der Waals surface area (Å²) in [5, 5.41) is 0. The molecule has 3 rings (SSSR count). The van der Waals surface area contributed by atoms with Crippen LogP contribution in [0.3, 0.4) is 0 Å². The second-order valence-electron chi connectivity index (χ2n) is 4.44. The van der Waals surface area contributed by atoms with Crippen LogP contribution in [-0.4, -0.2) is 22.5 Å². The smallest absolute Gasteiger partial charge is 0.269 e. The number of hydrogen-bond acceptors (Lipinski definition) is 5. The molecule has 1 aliphatic rings. The first-order valence-corrected chi connectivity index (χ1v) is 7.57. The highest BCUT2D eigenvalue weighted by molar-refractivity contribution is 7.99. The van der Waals surface area contributed by atoms with E-state index in [4.69, 9.17) is 0 Å². The van der Waals surface area contributed by atoms with E-state index in [9.17, 15) is 4.79 Å². The van der Waals surface area contributed by atoms with E-state index in [2.05, 4.69) is 26.9 Å². The van der Waals surface area contributed by atoms with Crippen LogP contribution in [0.15, 0.2) is 58.7 Å². The molecule has 1 amide bonds. The lowest BCUT2D eigenvalue weighted by Crippen LogP contribution is -2.41. The summed E-state index contributed by atoms with van der Waals surface area (Å²) in [5.41, 5.74) is 7.08. The molecule has 2 N–H and O–H groups in total. The zero-order chi connectivity index (χ0) is 14.5. The summed E-state index contributed by atoms with van der Waals surface area (Å²) >= 11 is 1.77. The summed E-state index contributed by atoms with van der Waals surface area (Å²) in [4.78, 5) is 21.6. The maximum absolute atomic E-state index is 12.0. The standard InChI is InChI=1S/C15H14N4OS/c20-15(11-5-8-16-9-6-11)19-18-14-7-10-21-13-4-2-1-3-12(13)17-14/h1-6,8-9H,7,10H2,(H,17,18)(H,19,20). The Kier molecular flexibility index (Phi) is 4.16. The lowest BCUT2D eigenvalue weighted by molar-refractivity contribution is 0.0943. The van der Waals surface area contributed by atoms with Crippen LogP contribution in [-0.2, 0) is 0 Å². The zero-order valence-electron chi connectivity index (χ0n) is 11.2. The van der Waals surface area contributed by atoms with Crippen molar-refractivity contribution in [1.82, 2.24) is 15.8 Å². The van der Waals surface area contributed by atoms with Gasteiger partial charge in [-0.25, -0.2) is 4.99 Å². The number of amidine groups is 1. The number of aliphatic imine (C=N–C) groups is 1. The fourth-order valence-electron chi connectivity index (χ4n) is 1.93. The number of carbonyl (C=O) groups excluding carboxylic acids is 1. The highest BCUT2D eigenvalue weighted by Gasteiger charge is 2.11. The number of nitrogens with zero attached hydrogens (tertiary/aromatic N) is 2. The number of hydrazine groups is 1. The topological polar surface area (TPSA) is 66.4 Å². The molecule has 1 aromatic carbocycles. The van der Waals surface area contributed by atoms with Crippen molar-refractivity contribution >= 4 is 29.2 Å². The Hall–Kier alpha value is -2.34. The van der Waals surface area contributed by atoms with E-state index in [-0.39, 0.29) is 5.91 Å². The number of benzene rings is 1. The maximum Gasteiger partial charge on any atom is 0.269 e. The van der Waals surface area contributed by atoms with Gasteiger partial charge in [0.25, 0.3) is 5.91 Å². The Morgan fingerprint density at radius 1 is 1.14 bits per heavy atom. The first-order chi connectivity index (χ1) is 10.3. The molecule has 0 saturated carbocycles. The minimum Gasteiger partial charge on any atom is -0.285 e. The SMILES string of the molecule is O=C(NNC1=Nc2ccccc2SCC1)c1ccncc1. The van der Waals surface area contributed by atoms with Gasteiger partial charge in [0, 0.05) is 35.0 Å². The van der Waals surface area contributed by atoms with Gasteiger partial charge in [0.15, 0.2) is 0 Å². The molecule has 0 bridgehead atoms. The third kappa shape index (κ3) is 3.41. The number of aromatic nitrogens is 1. The quantitative estimate of drug-likeness (QED) is 0.794. The molecule has 2 heterocycles. The molecular weight excluding hydrogens is 284 g/mol. The second kappa shape index (κ2) is 6.41. The fourth-order valence-corrected chi connectivity index (χ4v) is 2.88. The van der Waals surface area contributed by atoms with Crippen LogP contribution >= 0.6 is 11.8 Å². The number of fused-ring (bicyclic) bond motifs is 1. The molecule has 0 unspecified atom stereocenters. The molecule has 0 saturated heterocycles. The molecule has 21 heavy (non-hydrogen) atoms. The van der Waals surface area contributed by atoms with E-state index in [0.29, 0.717) is 5.56 Å². The highest BCUT2D eigenvalue weighted by Crippen LogP contribution is 2.32. The number of hydrogen-bond donors (Lipinski definition) is 2. The van der Waals surface area contributed by atoms with Gasteiger partial charge < -0.3 is 0 Å². The van der Waals surface area contributed by atoms with Crippen LogP contribution in [0, 0.1) is 0 Å². The number of nitrogens with one attached hydrogen (secondary N) is 2. The van der Waals surface area contributed by atoms with E-state index in [1.165, 1.54) is 0 Å². The lowest BCUT2D eigenvalue weighted by Gasteiger charge is -2.09. The molecule has 0 aliphatic carbocycles. The van der Waals surface area contributed by atoms with Gasteiger partial charge in [-0.2, -0.15) is 0 Å². The van der Waals surface area contributed by atoms with Crippen LogP contribution in [0.2, 0.25) is 0 Å². The molecule has 0 spiro atoms. The Morgan fingerprint density at radius 2 is 1.95 bits per heavy atom. The van der Waals surface area contributed by atoms with E-state index >= 15 is 0 Å². The molecule has 1 aromatic heterocycles. The summed E-state index contributed by atoms with van der Waals surface area (Å²) < 4.78 is 0. The zero-order valence-corrected chi connectivity index (χ0v) is 12.1. The number of carbonyl (C=O) groups is 1.